The van der Waals surface area contributed by atoms with Crippen LogP contribution in [-0.4, -0.2) is 52.1 Å². The molecule has 5 aromatic rings. The summed E-state index contributed by atoms with van der Waals surface area (Å²) in [7, 11) is 1.30. The first kappa shape index (κ1) is 49.2. The predicted octanol–water partition coefficient (Wildman–Crippen LogP) is 13.7. The number of carbonyl (C=O) groups excluding carboxylic acids is 2. The summed E-state index contributed by atoms with van der Waals surface area (Å²) in [5.41, 5.74) is 2.40. The Labute approximate surface area is 383 Å². The molecule has 0 atom stereocenters. The summed E-state index contributed by atoms with van der Waals surface area (Å²) in [5.74, 6) is 3.18. The molecule has 65 heavy (non-hydrogen) atoms. The van der Waals surface area contributed by atoms with Crippen LogP contribution in [0.5, 0.6) is 34.5 Å². The largest absolute Gasteiger partial charge is 0.494 e. The Morgan fingerprint density at radius 3 is 1.29 bits per heavy atom. The van der Waals surface area contributed by atoms with Gasteiger partial charge in [-0.05, 0) is 173 Å². The molecule has 5 rings (SSSR count). The van der Waals surface area contributed by atoms with Crippen LogP contribution < -0.4 is 23.7 Å². The quantitative estimate of drug-likeness (QED) is 0.0248. The Hall–Kier alpha value is -6.87. The van der Waals surface area contributed by atoms with E-state index < -0.39 is 11.9 Å². The molecular formula is C53H61N3O9. The first-order chi connectivity index (χ1) is 31.9. The van der Waals surface area contributed by atoms with Crippen LogP contribution in [-0.2, 0) is 9.47 Å². The number of esters is 2. The second-order valence-electron chi connectivity index (χ2n) is 15.4. The van der Waals surface area contributed by atoms with Crippen LogP contribution in [0, 0.1) is 11.3 Å². The highest BCUT2D eigenvalue weighted by Gasteiger charge is 2.15. The summed E-state index contributed by atoms with van der Waals surface area (Å²) in [4.78, 5) is 25.3. The molecule has 5 aromatic carbocycles. The van der Waals surface area contributed by atoms with Crippen LogP contribution >= 0.6 is 0 Å². The molecular weight excluding hydrogens is 823 g/mol. The molecule has 342 valence electrons. The number of methoxy groups -OCH3 is 1. The predicted molar refractivity (Wildman–Crippen MR) is 250 cm³/mol. The van der Waals surface area contributed by atoms with Gasteiger partial charge in [-0.25, -0.2) is 9.59 Å². The van der Waals surface area contributed by atoms with Crippen molar-refractivity contribution in [2.45, 2.75) is 90.4 Å². The number of benzene rings is 5. The van der Waals surface area contributed by atoms with Gasteiger partial charge in [0.25, 0.3) is 0 Å². The summed E-state index contributed by atoms with van der Waals surface area (Å²) < 4.78 is 40.0. The molecule has 0 saturated carbocycles. The molecule has 0 saturated heterocycles. The molecule has 0 aliphatic carbocycles. The number of nitriles is 1. The highest BCUT2D eigenvalue weighted by Crippen LogP contribution is 2.27. The van der Waals surface area contributed by atoms with Gasteiger partial charge in [0.1, 0.15) is 34.5 Å². The third kappa shape index (κ3) is 18.8. The zero-order chi connectivity index (χ0) is 45.7. The van der Waals surface area contributed by atoms with Gasteiger partial charge in [-0.15, -0.1) is 0 Å². The number of nitrogens with zero attached hydrogens (tertiary/aromatic N) is 3. The van der Waals surface area contributed by atoms with Gasteiger partial charge < -0.3 is 33.2 Å². The van der Waals surface area contributed by atoms with Crippen LogP contribution in [0.1, 0.15) is 117 Å². The van der Waals surface area contributed by atoms with Gasteiger partial charge in [-0.1, -0.05) is 32.6 Å². The normalized spacial score (nSPS) is 10.8. The van der Waals surface area contributed by atoms with Gasteiger partial charge in [-0.2, -0.15) is 15.5 Å². The Morgan fingerprint density at radius 2 is 0.846 bits per heavy atom. The van der Waals surface area contributed by atoms with Gasteiger partial charge in [0.05, 0.1) is 74.3 Å². The molecule has 0 amide bonds. The van der Waals surface area contributed by atoms with Crippen molar-refractivity contribution in [3.05, 3.63) is 132 Å². The summed E-state index contributed by atoms with van der Waals surface area (Å²) in [6.07, 6.45) is 13.0. The minimum absolute atomic E-state index is 0.220. The van der Waals surface area contributed by atoms with E-state index in [1.165, 1.54) is 38.9 Å². The smallest absolute Gasteiger partial charge is 0.338 e. The van der Waals surface area contributed by atoms with E-state index >= 15 is 0 Å². The molecule has 0 bridgehead atoms. The number of azo groups is 1. The molecule has 0 heterocycles. The van der Waals surface area contributed by atoms with E-state index in [0.717, 1.165) is 86.7 Å². The van der Waals surface area contributed by atoms with Gasteiger partial charge in [0, 0.05) is 0 Å². The summed E-state index contributed by atoms with van der Waals surface area (Å²) >= 11 is 0. The fraction of sp³-hybridized carbons (Fsp3) is 0.377. The third-order valence-corrected chi connectivity index (χ3v) is 10.2. The maximum absolute atomic E-state index is 13.0. The van der Waals surface area contributed by atoms with Crippen LogP contribution in [0.4, 0.5) is 11.4 Å². The highest BCUT2D eigenvalue weighted by molar-refractivity contribution is 5.96. The van der Waals surface area contributed by atoms with E-state index in [9.17, 15) is 9.59 Å². The minimum Gasteiger partial charge on any atom is -0.494 e. The topological polar surface area (TPSA) is 147 Å². The highest BCUT2D eigenvalue weighted by atomic mass is 16.5. The van der Waals surface area contributed by atoms with Crippen molar-refractivity contribution in [2.75, 3.05) is 40.1 Å². The summed E-state index contributed by atoms with van der Waals surface area (Å²) in [6, 6.07) is 36.3. The molecule has 0 aromatic heterocycles. The van der Waals surface area contributed by atoms with Gasteiger partial charge in [0.15, 0.2) is 0 Å². The summed E-state index contributed by atoms with van der Waals surface area (Å²) in [6.45, 7) is 4.79. The monoisotopic (exact) mass is 883 g/mol. The third-order valence-electron chi connectivity index (χ3n) is 10.2. The van der Waals surface area contributed by atoms with Gasteiger partial charge in [-0.3, -0.25) is 0 Å². The Balaban J connectivity index is 0.905. The van der Waals surface area contributed by atoms with E-state index in [2.05, 4.69) is 23.2 Å². The van der Waals surface area contributed by atoms with E-state index in [1.807, 2.05) is 72.8 Å². The molecule has 0 aliphatic rings. The van der Waals surface area contributed by atoms with Crippen LogP contribution in [0.3, 0.4) is 0 Å². The van der Waals surface area contributed by atoms with Crippen molar-refractivity contribution in [2.24, 2.45) is 10.2 Å². The number of carbonyl (C=O) groups is 2. The first-order valence-electron chi connectivity index (χ1n) is 22.7. The lowest BCUT2D eigenvalue weighted by Gasteiger charge is -2.11. The van der Waals surface area contributed by atoms with Crippen molar-refractivity contribution < 1.29 is 42.7 Å². The van der Waals surface area contributed by atoms with Crippen molar-refractivity contribution >= 4 is 23.3 Å². The number of ether oxygens (including phenoxy) is 7. The Bertz CT molecular complexity index is 2220. The van der Waals surface area contributed by atoms with Crippen molar-refractivity contribution in [3.63, 3.8) is 0 Å². The lowest BCUT2D eigenvalue weighted by molar-refractivity contribution is 0.0496. The molecule has 0 radical (unpaired) electrons. The maximum atomic E-state index is 13.0. The van der Waals surface area contributed by atoms with Crippen molar-refractivity contribution in [1.82, 2.24) is 0 Å². The lowest BCUT2D eigenvalue weighted by atomic mass is 10.1. The van der Waals surface area contributed by atoms with Crippen molar-refractivity contribution in [1.29, 1.82) is 5.26 Å². The van der Waals surface area contributed by atoms with Crippen LogP contribution in [0.2, 0.25) is 0 Å². The first-order valence-corrected chi connectivity index (χ1v) is 22.7. The van der Waals surface area contributed by atoms with Crippen LogP contribution in [0.25, 0.3) is 0 Å². The molecule has 12 heteroatoms. The van der Waals surface area contributed by atoms with Crippen LogP contribution in [0.15, 0.2) is 125 Å². The van der Waals surface area contributed by atoms with E-state index in [-0.39, 0.29) is 17.7 Å². The fourth-order valence-electron chi connectivity index (χ4n) is 6.54. The van der Waals surface area contributed by atoms with Gasteiger partial charge in [0.2, 0.25) is 0 Å². The SMILES string of the molecule is CCCCCCCOc1ccc(Oc2ccc(OCCCCCCOC(=O)c3cc(OCCCCCCOc4ccc(N=Nc5ccc(C#N)cc5)cc4)cc(C(=O)OC)c3)cc2)cc1. The number of unbranched alkanes of at least 4 members (excludes halogenated alkanes) is 10. The summed E-state index contributed by atoms with van der Waals surface area (Å²) in [5, 5.41) is 17.4. The van der Waals surface area contributed by atoms with E-state index in [1.54, 1.807) is 36.4 Å². The molecule has 0 fully saturated rings. The molecule has 0 unspecified atom stereocenters. The fourth-order valence-corrected chi connectivity index (χ4v) is 6.54. The zero-order valence-electron chi connectivity index (χ0n) is 37.7. The van der Waals surface area contributed by atoms with E-state index in [4.69, 9.17) is 38.4 Å². The standard InChI is InChI=1S/C53H61N3O9/c1-3-4-5-6-11-32-61-47-24-28-49(29-25-47)65-50-30-26-48(27-31-50)62-34-13-9-10-15-36-64-53(58)43-37-42(52(57)59-2)38-51(39-43)63-35-14-8-7-12-33-60-46-22-20-45(21-23-46)56-55-44-18-16-41(40-54)17-19-44/h16-31,37-39H,3-15,32-36H2,1-2H3. The zero-order valence-corrected chi connectivity index (χ0v) is 37.7. The molecule has 0 spiro atoms. The minimum atomic E-state index is -0.562. The molecule has 0 aliphatic heterocycles. The molecule has 0 N–H and O–H groups in total. The Morgan fingerprint density at radius 1 is 0.462 bits per heavy atom. The van der Waals surface area contributed by atoms with Crippen molar-refractivity contribution in [3.8, 4) is 40.6 Å². The number of hydrogen-bond donors (Lipinski definition) is 0. The van der Waals surface area contributed by atoms with Gasteiger partial charge >= 0.3 is 11.9 Å². The average Bonchev–Trinajstić information content (AvgIpc) is 3.34. The second-order valence-corrected chi connectivity index (χ2v) is 15.4. The molecule has 12 nitrogen and oxygen atoms in total. The van der Waals surface area contributed by atoms with E-state index in [0.29, 0.717) is 48.9 Å². The average molecular weight is 884 g/mol. The Kier molecular flexibility index (Phi) is 21.7. The maximum Gasteiger partial charge on any atom is 0.338 e. The number of rotatable bonds is 30. The second kappa shape index (κ2) is 28.7. The lowest BCUT2D eigenvalue weighted by Crippen LogP contribution is -2.10. The number of hydrogen-bond acceptors (Lipinski definition) is 12.